The lowest BCUT2D eigenvalue weighted by Crippen LogP contribution is -2.04. The van der Waals surface area contributed by atoms with Gasteiger partial charge in [0, 0.05) is 21.2 Å². The lowest BCUT2D eigenvalue weighted by molar-refractivity contribution is 0.851. The first-order chi connectivity index (χ1) is 8.45. The first kappa shape index (κ1) is 13.3. The lowest BCUT2D eigenvalue weighted by atomic mass is 9.95. The third-order valence-electron chi connectivity index (χ3n) is 3.36. The minimum Gasteiger partial charge on any atom is -0.398 e. The highest BCUT2D eigenvalue weighted by atomic mass is 79.9. The predicted molar refractivity (Wildman–Crippen MR) is 82.1 cm³/mol. The molecule has 0 atom stereocenters. The summed E-state index contributed by atoms with van der Waals surface area (Å²) in [5, 5.41) is 1.07. The van der Waals surface area contributed by atoms with E-state index < -0.39 is 0 Å². The summed E-state index contributed by atoms with van der Waals surface area (Å²) < 4.78 is 1.07. The number of aromatic nitrogens is 1. The molecule has 0 amide bonds. The zero-order valence-corrected chi connectivity index (χ0v) is 12.9. The quantitative estimate of drug-likeness (QED) is 0.882. The molecule has 96 valence electrons. The second-order valence-electron chi connectivity index (χ2n) is 4.99. The fourth-order valence-electron chi connectivity index (χ4n) is 2.56. The van der Waals surface area contributed by atoms with E-state index in [4.69, 9.17) is 10.7 Å². The van der Waals surface area contributed by atoms with Crippen LogP contribution < -0.4 is 5.73 Å². The Morgan fingerprint density at radius 1 is 1.33 bits per heavy atom. The van der Waals surface area contributed by atoms with Gasteiger partial charge in [0.1, 0.15) is 0 Å². The number of halogens is 1. The van der Waals surface area contributed by atoms with Gasteiger partial charge in [0.25, 0.3) is 0 Å². The average Bonchev–Trinajstić information content (AvgIpc) is 2.29. The summed E-state index contributed by atoms with van der Waals surface area (Å²) >= 11 is 3.56. The fraction of sp³-hybridized carbons (Fsp3) is 0.400. The van der Waals surface area contributed by atoms with Crippen LogP contribution in [0.15, 0.2) is 16.6 Å². The van der Waals surface area contributed by atoms with Gasteiger partial charge in [-0.1, -0.05) is 36.7 Å². The largest absolute Gasteiger partial charge is 0.398 e. The highest BCUT2D eigenvalue weighted by Crippen LogP contribution is 2.34. The average molecular weight is 307 g/mol. The van der Waals surface area contributed by atoms with Crippen LogP contribution in [0.2, 0.25) is 0 Å². The van der Waals surface area contributed by atoms with Crippen molar-refractivity contribution in [3.8, 4) is 0 Å². The molecule has 0 fully saturated rings. The normalized spacial score (nSPS) is 11.4. The standard InChI is InChI=1S/C15H19BrN2/c1-5-10-6-11(16)7-12-14(17)13(8(2)3)9(4)18-15(10)12/h6-8H,5H2,1-4H3,(H2,17,18). The predicted octanol–water partition coefficient (Wildman–Crippen LogP) is 4.57. The van der Waals surface area contributed by atoms with Crippen LogP contribution in [0, 0.1) is 6.92 Å². The zero-order chi connectivity index (χ0) is 13.4. The van der Waals surface area contributed by atoms with E-state index in [1.54, 1.807) is 0 Å². The summed E-state index contributed by atoms with van der Waals surface area (Å²) in [4.78, 5) is 4.77. The summed E-state index contributed by atoms with van der Waals surface area (Å²) in [5.41, 5.74) is 11.7. The molecule has 0 unspecified atom stereocenters. The number of nitrogens with zero attached hydrogens (tertiary/aromatic N) is 1. The third kappa shape index (κ3) is 2.12. The molecular formula is C15H19BrN2. The highest BCUT2D eigenvalue weighted by molar-refractivity contribution is 9.10. The van der Waals surface area contributed by atoms with E-state index in [1.165, 1.54) is 11.1 Å². The monoisotopic (exact) mass is 306 g/mol. The third-order valence-corrected chi connectivity index (χ3v) is 3.82. The topological polar surface area (TPSA) is 38.9 Å². The number of hydrogen-bond acceptors (Lipinski definition) is 2. The number of benzene rings is 1. The number of hydrogen-bond donors (Lipinski definition) is 1. The van der Waals surface area contributed by atoms with Crippen molar-refractivity contribution in [2.24, 2.45) is 0 Å². The molecule has 18 heavy (non-hydrogen) atoms. The summed E-state index contributed by atoms with van der Waals surface area (Å²) in [6.07, 6.45) is 0.961. The van der Waals surface area contributed by atoms with Gasteiger partial charge in [-0.15, -0.1) is 0 Å². The van der Waals surface area contributed by atoms with Crippen LogP contribution in [0.25, 0.3) is 10.9 Å². The molecule has 0 aliphatic carbocycles. The maximum Gasteiger partial charge on any atom is 0.0758 e. The van der Waals surface area contributed by atoms with Crippen LogP contribution >= 0.6 is 15.9 Å². The Kier molecular flexibility index (Phi) is 3.62. The van der Waals surface area contributed by atoms with Gasteiger partial charge in [0.05, 0.1) is 5.52 Å². The number of pyridine rings is 1. The zero-order valence-electron chi connectivity index (χ0n) is 11.3. The first-order valence-corrected chi connectivity index (χ1v) is 7.13. The van der Waals surface area contributed by atoms with E-state index in [1.807, 2.05) is 6.92 Å². The SMILES string of the molecule is CCc1cc(Br)cc2c(N)c(C(C)C)c(C)nc12. The minimum atomic E-state index is 0.394. The summed E-state index contributed by atoms with van der Waals surface area (Å²) in [5.74, 6) is 0.394. The number of fused-ring (bicyclic) bond motifs is 1. The molecule has 2 rings (SSSR count). The maximum absolute atomic E-state index is 6.35. The molecule has 0 bridgehead atoms. The maximum atomic E-state index is 6.35. The molecule has 1 aromatic carbocycles. The molecule has 0 saturated carbocycles. The van der Waals surface area contributed by atoms with Crippen LogP contribution in [-0.2, 0) is 6.42 Å². The second-order valence-corrected chi connectivity index (χ2v) is 5.91. The first-order valence-electron chi connectivity index (χ1n) is 6.33. The van der Waals surface area contributed by atoms with Crippen molar-refractivity contribution in [1.29, 1.82) is 0 Å². The van der Waals surface area contributed by atoms with Crippen LogP contribution in [0.5, 0.6) is 0 Å². The fourth-order valence-corrected chi connectivity index (χ4v) is 3.06. The van der Waals surface area contributed by atoms with Gasteiger partial charge < -0.3 is 5.73 Å². The molecule has 0 saturated heterocycles. The molecule has 0 spiro atoms. The van der Waals surface area contributed by atoms with Crippen molar-refractivity contribution in [2.75, 3.05) is 5.73 Å². The molecule has 1 aromatic heterocycles. The molecule has 0 aliphatic rings. The molecule has 0 aliphatic heterocycles. The highest BCUT2D eigenvalue weighted by Gasteiger charge is 2.15. The van der Waals surface area contributed by atoms with Crippen LogP contribution in [-0.4, -0.2) is 4.98 Å². The Morgan fingerprint density at radius 3 is 2.56 bits per heavy atom. The van der Waals surface area contributed by atoms with E-state index in [2.05, 4.69) is 48.8 Å². The van der Waals surface area contributed by atoms with Crippen LogP contribution in [0.4, 0.5) is 5.69 Å². The summed E-state index contributed by atoms with van der Waals surface area (Å²) in [6.45, 7) is 8.51. The van der Waals surface area contributed by atoms with Crippen LogP contribution in [0.1, 0.15) is 43.5 Å². The van der Waals surface area contributed by atoms with Gasteiger partial charge in [-0.3, -0.25) is 4.98 Å². The molecule has 2 nitrogen and oxygen atoms in total. The number of nitrogen functional groups attached to an aromatic ring is 1. The Labute approximate surface area is 117 Å². The van der Waals surface area contributed by atoms with Crippen molar-refractivity contribution in [1.82, 2.24) is 4.98 Å². The summed E-state index contributed by atoms with van der Waals surface area (Å²) in [7, 11) is 0. The molecule has 3 heteroatoms. The van der Waals surface area contributed by atoms with Crippen molar-refractivity contribution in [2.45, 2.75) is 40.0 Å². The minimum absolute atomic E-state index is 0.394. The number of nitrogens with two attached hydrogens (primary N) is 1. The van der Waals surface area contributed by atoms with E-state index in [0.717, 1.165) is 33.2 Å². The molecule has 2 aromatic rings. The Balaban J connectivity index is 2.90. The van der Waals surface area contributed by atoms with Crippen molar-refractivity contribution in [3.05, 3.63) is 33.4 Å². The Morgan fingerprint density at radius 2 is 2.00 bits per heavy atom. The summed E-state index contributed by atoms with van der Waals surface area (Å²) in [6, 6.07) is 4.20. The van der Waals surface area contributed by atoms with Gasteiger partial charge in [0.2, 0.25) is 0 Å². The van der Waals surface area contributed by atoms with E-state index in [-0.39, 0.29) is 0 Å². The van der Waals surface area contributed by atoms with Gasteiger partial charge in [-0.2, -0.15) is 0 Å². The molecule has 2 N–H and O–H groups in total. The molecule has 0 radical (unpaired) electrons. The van der Waals surface area contributed by atoms with Crippen molar-refractivity contribution >= 4 is 32.5 Å². The molecular weight excluding hydrogens is 288 g/mol. The van der Waals surface area contributed by atoms with E-state index >= 15 is 0 Å². The van der Waals surface area contributed by atoms with Gasteiger partial charge in [-0.25, -0.2) is 0 Å². The van der Waals surface area contributed by atoms with Gasteiger partial charge in [0.15, 0.2) is 0 Å². The number of anilines is 1. The lowest BCUT2D eigenvalue weighted by Gasteiger charge is -2.16. The van der Waals surface area contributed by atoms with Gasteiger partial charge in [-0.05, 0) is 42.5 Å². The second kappa shape index (κ2) is 4.88. The number of rotatable bonds is 2. The Hall–Kier alpha value is -1.09. The number of aryl methyl sites for hydroxylation is 2. The van der Waals surface area contributed by atoms with Crippen LogP contribution in [0.3, 0.4) is 0 Å². The van der Waals surface area contributed by atoms with E-state index in [0.29, 0.717) is 5.92 Å². The molecule has 1 heterocycles. The van der Waals surface area contributed by atoms with Crippen molar-refractivity contribution < 1.29 is 0 Å². The van der Waals surface area contributed by atoms with E-state index in [9.17, 15) is 0 Å². The Bertz CT molecular complexity index is 603. The smallest absolute Gasteiger partial charge is 0.0758 e. The van der Waals surface area contributed by atoms with Crippen molar-refractivity contribution in [3.63, 3.8) is 0 Å². The van der Waals surface area contributed by atoms with Gasteiger partial charge >= 0.3 is 0 Å².